The Labute approximate surface area is 94.3 Å². The van der Waals surface area contributed by atoms with Crippen LogP contribution in [-0.4, -0.2) is 13.0 Å². The maximum absolute atomic E-state index is 12.2. The minimum Gasteiger partial charge on any atom is -0.314 e. The lowest BCUT2D eigenvalue weighted by Crippen LogP contribution is -2.29. The topological polar surface area (TPSA) is 44.1 Å². The van der Waals surface area contributed by atoms with Crippen LogP contribution >= 0.6 is 0 Å². The Morgan fingerprint density at radius 2 is 2.31 bits per heavy atom. The van der Waals surface area contributed by atoms with Crippen LogP contribution in [-0.2, 0) is 10.2 Å². The number of fused-ring (bicyclic) bond motifs is 2. The minimum absolute atomic E-state index is 0.0830. The van der Waals surface area contributed by atoms with Crippen LogP contribution in [0.1, 0.15) is 17.5 Å². The molecule has 1 saturated carbocycles. The molecular formula is C13H12N2O. The smallest absolute Gasteiger partial charge is 0.238 e. The number of hydrogen-bond acceptors (Lipinski definition) is 2. The fourth-order valence-electron chi connectivity index (χ4n) is 2.78. The van der Waals surface area contributed by atoms with Gasteiger partial charge in [0.25, 0.3) is 0 Å². The average molecular weight is 212 g/mol. The van der Waals surface area contributed by atoms with Crippen molar-refractivity contribution < 1.29 is 4.79 Å². The van der Waals surface area contributed by atoms with Crippen molar-refractivity contribution in [2.45, 2.75) is 18.8 Å². The maximum Gasteiger partial charge on any atom is 0.238 e. The van der Waals surface area contributed by atoms with Crippen LogP contribution in [0.15, 0.2) is 18.2 Å². The van der Waals surface area contributed by atoms with Gasteiger partial charge in [-0.1, -0.05) is 17.7 Å². The molecule has 1 fully saturated rings. The predicted octanol–water partition coefficient (Wildman–Crippen LogP) is 1.75. The van der Waals surface area contributed by atoms with E-state index in [-0.39, 0.29) is 11.8 Å². The van der Waals surface area contributed by atoms with Crippen LogP contribution in [0.2, 0.25) is 0 Å². The summed E-state index contributed by atoms with van der Waals surface area (Å²) in [7, 11) is 1.79. The Morgan fingerprint density at radius 3 is 2.94 bits per heavy atom. The summed E-state index contributed by atoms with van der Waals surface area (Å²) in [6.07, 6.45) is 0.684. The van der Waals surface area contributed by atoms with Gasteiger partial charge in [0.05, 0.1) is 17.4 Å². The first-order chi connectivity index (χ1) is 7.61. The summed E-state index contributed by atoms with van der Waals surface area (Å²) in [5, 5.41) is 9.01. The van der Waals surface area contributed by atoms with E-state index in [0.717, 1.165) is 16.8 Å². The summed E-state index contributed by atoms with van der Waals surface area (Å²) >= 11 is 0. The van der Waals surface area contributed by atoms with Crippen molar-refractivity contribution in [2.75, 3.05) is 11.9 Å². The Kier molecular flexibility index (Phi) is 1.56. The van der Waals surface area contributed by atoms with E-state index in [9.17, 15) is 4.79 Å². The lowest BCUT2D eigenvalue weighted by molar-refractivity contribution is -0.120. The van der Waals surface area contributed by atoms with Crippen molar-refractivity contribution in [2.24, 2.45) is 5.92 Å². The maximum atomic E-state index is 12.2. The molecule has 1 amide bonds. The summed E-state index contributed by atoms with van der Waals surface area (Å²) in [6.45, 7) is 2.01. The largest absolute Gasteiger partial charge is 0.314 e. The summed E-state index contributed by atoms with van der Waals surface area (Å²) < 4.78 is 0. The molecule has 3 rings (SSSR count). The van der Waals surface area contributed by atoms with Crippen molar-refractivity contribution in [1.82, 2.24) is 0 Å². The summed E-state index contributed by atoms with van der Waals surface area (Å²) in [6, 6.07) is 8.27. The molecule has 0 saturated heterocycles. The van der Waals surface area contributed by atoms with Crippen molar-refractivity contribution in [3.05, 3.63) is 29.3 Å². The monoisotopic (exact) mass is 212 g/mol. The van der Waals surface area contributed by atoms with Crippen LogP contribution in [0.3, 0.4) is 0 Å². The Hall–Kier alpha value is -1.82. The highest BCUT2D eigenvalue weighted by molar-refractivity contribution is 6.10. The van der Waals surface area contributed by atoms with Crippen molar-refractivity contribution >= 4 is 11.6 Å². The molecule has 1 aromatic carbocycles. The number of benzene rings is 1. The Bertz CT molecular complexity index is 543. The number of amides is 1. The van der Waals surface area contributed by atoms with Gasteiger partial charge < -0.3 is 4.90 Å². The molecule has 0 radical (unpaired) electrons. The number of anilines is 1. The molecule has 1 spiro atoms. The predicted molar refractivity (Wildman–Crippen MR) is 60.0 cm³/mol. The van der Waals surface area contributed by atoms with E-state index in [1.165, 1.54) is 0 Å². The second kappa shape index (κ2) is 2.65. The molecule has 3 heteroatoms. The molecule has 0 bridgehead atoms. The second-order valence-electron chi connectivity index (χ2n) is 4.74. The van der Waals surface area contributed by atoms with Crippen LogP contribution in [0.5, 0.6) is 0 Å². The zero-order valence-corrected chi connectivity index (χ0v) is 9.32. The molecular weight excluding hydrogens is 200 g/mol. The van der Waals surface area contributed by atoms with E-state index < -0.39 is 5.41 Å². The van der Waals surface area contributed by atoms with E-state index in [0.29, 0.717) is 6.42 Å². The standard InChI is InChI=1S/C13H12N2O/c1-8-3-4-11-10(5-8)13(6-9(13)7-14)12(16)15(11)2/h3-5,9H,6H2,1-2H3. The van der Waals surface area contributed by atoms with Gasteiger partial charge in [-0.15, -0.1) is 0 Å². The van der Waals surface area contributed by atoms with Gasteiger partial charge in [0.15, 0.2) is 0 Å². The molecule has 16 heavy (non-hydrogen) atoms. The minimum atomic E-state index is -0.509. The molecule has 1 aliphatic heterocycles. The lowest BCUT2D eigenvalue weighted by Gasteiger charge is -2.09. The molecule has 0 N–H and O–H groups in total. The van der Waals surface area contributed by atoms with Gasteiger partial charge >= 0.3 is 0 Å². The number of nitriles is 1. The van der Waals surface area contributed by atoms with E-state index in [2.05, 4.69) is 6.07 Å². The van der Waals surface area contributed by atoms with Gasteiger partial charge in [-0.2, -0.15) is 5.26 Å². The molecule has 2 aliphatic rings. The fourth-order valence-corrected chi connectivity index (χ4v) is 2.78. The normalized spacial score (nSPS) is 30.4. The molecule has 0 aromatic heterocycles. The zero-order chi connectivity index (χ0) is 11.5. The molecule has 1 heterocycles. The number of nitrogens with zero attached hydrogens (tertiary/aromatic N) is 2. The number of likely N-dealkylation sites (N-methyl/N-ethyl adjacent to an activating group) is 1. The molecule has 1 aliphatic carbocycles. The van der Waals surface area contributed by atoms with Gasteiger partial charge in [0.2, 0.25) is 5.91 Å². The van der Waals surface area contributed by atoms with Crippen LogP contribution < -0.4 is 4.90 Å². The highest BCUT2D eigenvalue weighted by Gasteiger charge is 2.66. The quantitative estimate of drug-likeness (QED) is 0.657. The van der Waals surface area contributed by atoms with Gasteiger partial charge in [-0.3, -0.25) is 4.79 Å². The highest BCUT2D eigenvalue weighted by Crippen LogP contribution is 2.61. The second-order valence-corrected chi connectivity index (χ2v) is 4.74. The SMILES string of the molecule is Cc1ccc2c(c1)C1(CC1C#N)C(=O)N2C. The number of aryl methyl sites for hydroxylation is 1. The Balaban J connectivity index is 2.23. The van der Waals surface area contributed by atoms with Crippen LogP contribution in [0.25, 0.3) is 0 Å². The third-order valence-corrected chi connectivity index (χ3v) is 3.80. The zero-order valence-electron chi connectivity index (χ0n) is 9.32. The van der Waals surface area contributed by atoms with Crippen molar-refractivity contribution in [3.8, 4) is 6.07 Å². The molecule has 80 valence electrons. The third kappa shape index (κ3) is 0.856. The fraction of sp³-hybridized carbons (Fsp3) is 0.385. The average Bonchev–Trinajstić information content (AvgIpc) is 2.98. The summed E-state index contributed by atoms with van der Waals surface area (Å²) in [5.41, 5.74) is 2.65. The van der Waals surface area contributed by atoms with E-state index >= 15 is 0 Å². The number of carbonyl (C=O) groups excluding carboxylic acids is 1. The first kappa shape index (κ1) is 9.41. The van der Waals surface area contributed by atoms with E-state index in [4.69, 9.17) is 5.26 Å². The van der Waals surface area contributed by atoms with E-state index in [1.807, 2.05) is 25.1 Å². The summed E-state index contributed by atoms with van der Waals surface area (Å²) in [5.74, 6) is -0.0508. The lowest BCUT2D eigenvalue weighted by atomic mass is 9.94. The molecule has 3 nitrogen and oxygen atoms in total. The molecule has 2 atom stereocenters. The van der Waals surface area contributed by atoms with Crippen molar-refractivity contribution in [1.29, 1.82) is 5.26 Å². The number of rotatable bonds is 0. The van der Waals surface area contributed by atoms with Gasteiger partial charge in [0, 0.05) is 12.7 Å². The third-order valence-electron chi connectivity index (χ3n) is 3.80. The van der Waals surface area contributed by atoms with Gasteiger partial charge in [-0.25, -0.2) is 0 Å². The first-order valence-corrected chi connectivity index (χ1v) is 5.40. The molecule has 1 aromatic rings. The van der Waals surface area contributed by atoms with Crippen molar-refractivity contribution in [3.63, 3.8) is 0 Å². The van der Waals surface area contributed by atoms with Gasteiger partial charge in [0.1, 0.15) is 0 Å². The molecule has 2 unspecified atom stereocenters. The summed E-state index contributed by atoms with van der Waals surface area (Å²) in [4.78, 5) is 13.9. The van der Waals surface area contributed by atoms with Crippen LogP contribution in [0, 0.1) is 24.2 Å². The number of hydrogen-bond donors (Lipinski definition) is 0. The van der Waals surface area contributed by atoms with Gasteiger partial charge in [-0.05, 0) is 25.0 Å². The number of carbonyl (C=O) groups is 1. The Morgan fingerprint density at radius 1 is 1.56 bits per heavy atom. The van der Waals surface area contributed by atoms with Crippen LogP contribution in [0.4, 0.5) is 5.69 Å². The first-order valence-electron chi connectivity index (χ1n) is 5.40. The van der Waals surface area contributed by atoms with E-state index in [1.54, 1.807) is 11.9 Å². The highest BCUT2D eigenvalue weighted by atomic mass is 16.2.